The van der Waals surface area contributed by atoms with Crippen LogP contribution in [0.1, 0.15) is 81.9 Å². The van der Waals surface area contributed by atoms with E-state index in [4.69, 9.17) is 21.3 Å². The minimum absolute atomic E-state index is 0.0379. The van der Waals surface area contributed by atoms with Gasteiger partial charge in [-0.25, -0.2) is 22.9 Å². The molecule has 4 fully saturated rings. The molecule has 2 saturated carbocycles. The summed E-state index contributed by atoms with van der Waals surface area (Å²) in [4.78, 5) is 64.7. The van der Waals surface area contributed by atoms with Crippen molar-refractivity contribution in [2.75, 3.05) is 56.1 Å². The Labute approximate surface area is 376 Å². The molecule has 4 aliphatic rings. The van der Waals surface area contributed by atoms with Crippen molar-refractivity contribution in [2.24, 2.45) is 13.0 Å². The highest BCUT2D eigenvalue weighted by Gasteiger charge is 2.32. The Balaban J connectivity index is 0.712. The van der Waals surface area contributed by atoms with Crippen LogP contribution in [0.5, 0.6) is 0 Å². The van der Waals surface area contributed by atoms with Crippen LogP contribution in [0.3, 0.4) is 0 Å². The summed E-state index contributed by atoms with van der Waals surface area (Å²) in [6, 6.07) is 11.7. The SMILES string of the molecule is Cc1cc(S(=O)(=O)NCCO[C@H]2CC[C@H](CN3CCN(c4ccc5c(c4)n(C)c(=O)n5C4CCC(=O)NC4=O)CC3)CC2)ccc1Nc1ncc2cc(Cl)c(=O)n(C3CCCC3)c2n1. The molecule has 0 bridgehead atoms. The number of ether oxygens (including phenoxy) is 1. The number of sulfonamides is 1. The van der Waals surface area contributed by atoms with Gasteiger partial charge in [0.15, 0.2) is 0 Å². The number of pyridine rings is 1. The highest BCUT2D eigenvalue weighted by Crippen LogP contribution is 2.33. The minimum atomic E-state index is -3.78. The molecule has 3 aromatic heterocycles. The molecule has 2 aliphatic heterocycles. The predicted molar refractivity (Wildman–Crippen MR) is 245 cm³/mol. The number of nitrogens with one attached hydrogen (secondary N) is 3. The lowest BCUT2D eigenvalue weighted by Crippen LogP contribution is -2.48. The number of amides is 2. The third kappa shape index (κ3) is 9.07. The number of imide groups is 1. The van der Waals surface area contributed by atoms with Crippen molar-refractivity contribution in [1.29, 1.82) is 0 Å². The lowest BCUT2D eigenvalue weighted by atomic mass is 9.87. The first-order chi connectivity index (χ1) is 30.8. The number of piperidine rings is 1. The van der Waals surface area contributed by atoms with E-state index in [0.29, 0.717) is 46.1 Å². The van der Waals surface area contributed by atoms with Crippen molar-refractivity contribution in [1.82, 2.24) is 38.6 Å². The number of imidazole rings is 1. The minimum Gasteiger partial charge on any atom is -0.377 e. The van der Waals surface area contributed by atoms with Crippen molar-refractivity contribution in [3.63, 3.8) is 0 Å². The summed E-state index contributed by atoms with van der Waals surface area (Å²) in [7, 11) is -2.06. The van der Waals surface area contributed by atoms with Gasteiger partial charge in [0.05, 0.1) is 28.6 Å². The number of aryl methyl sites for hydroxylation is 2. The summed E-state index contributed by atoms with van der Waals surface area (Å²) in [5, 5.41) is 6.39. The monoisotopic (exact) mass is 914 g/mol. The van der Waals surface area contributed by atoms with Gasteiger partial charge in [0.1, 0.15) is 16.7 Å². The molecule has 2 amide bonds. The summed E-state index contributed by atoms with van der Waals surface area (Å²) in [6.07, 6.45) is 10.1. The van der Waals surface area contributed by atoms with Gasteiger partial charge in [-0.3, -0.25) is 38.3 Å². The second-order valence-corrected chi connectivity index (χ2v) is 19.9. The maximum Gasteiger partial charge on any atom is 0.329 e. The first kappa shape index (κ1) is 44.1. The number of rotatable bonds is 13. The number of aromatic nitrogens is 5. The Morgan fingerprint density at radius 1 is 0.891 bits per heavy atom. The van der Waals surface area contributed by atoms with Gasteiger partial charge in [0, 0.05) is 81.7 Å². The van der Waals surface area contributed by atoms with Gasteiger partial charge < -0.3 is 15.0 Å². The number of carbonyl (C=O) groups is 2. The number of carbonyl (C=O) groups excluding carboxylic acids is 2. The van der Waals surface area contributed by atoms with Crippen LogP contribution in [-0.2, 0) is 31.4 Å². The van der Waals surface area contributed by atoms with Gasteiger partial charge in [-0.15, -0.1) is 0 Å². The molecule has 2 aliphatic carbocycles. The van der Waals surface area contributed by atoms with Crippen molar-refractivity contribution in [3.05, 3.63) is 80.1 Å². The molecule has 2 saturated heterocycles. The van der Waals surface area contributed by atoms with Crippen molar-refractivity contribution < 1.29 is 22.7 Å². The Kier molecular flexibility index (Phi) is 12.7. The largest absolute Gasteiger partial charge is 0.377 e. The van der Waals surface area contributed by atoms with Crippen molar-refractivity contribution in [3.8, 4) is 0 Å². The van der Waals surface area contributed by atoms with Crippen LogP contribution in [-0.4, -0.2) is 101 Å². The fourth-order valence-electron chi connectivity index (χ4n) is 10.0. The highest BCUT2D eigenvalue weighted by molar-refractivity contribution is 7.89. The average molecular weight is 916 g/mol. The summed E-state index contributed by atoms with van der Waals surface area (Å²) >= 11 is 6.28. The maximum absolute atomic E-state index is 13.3. The molecule has 17 nitrogen and oxygen atoms in total. The average Bonchev–Trinajstić information content (AvgIpc) is 3.90. The molecular weight excluding hydrogens is 860 g/mol. The first-order valence-corrected chi connectivity index (χ1v) is 24.3. The van der Waals surface area contributed by atoms with E-state index in [2.05, 4.69) is 30.1 Å². The first-order valence-electron chi connectivity index (χ1n) is 22.4. The van der Waals surface area contributed by atoms with Gasteiger partial charge in [-0.2, -0.15) is 4.98 Å². The molecule has 1 atom stereocenters. The topological polar surface area (TPSA) is 195 Å². The number of piperazine rings is 1. The summed E-state index contributed by atoms with van der Waals surface area (Å²) in [5.41, 5.74) is 3.82. The summed E-state index contributed by atoms with van der Waals surface area (Å²) in [5.74, 6) is 0.132. The molecule has 0 radical (unpaired) electrons. The van der Waals surface area contributed by atoms with Gasteiger partial charge in [0.2, 0.25) is 27.8 Å². The second-order valence-electron chi connectivity index (χ2n) is 17.7. The number of anilines is 3. The second kappa shape index (κ2) is 18.4. The summed E-state index contributed by atoms with van der Waals surface area (Å²) in [6.45, 7) is 6.90. The third-order valence-electron chi connectivity index (χ3n) is 13.6. The quantitative estimate of drug-likeness (QED) is 0.107. The Morgan fingerprint density at radius 3 is 2.39 bits per heavy atom. The van der Waals surface area contributed by atoms with Gasteiger partial charge in [-0.1, -0.05) is 24.4 Å². The number of nitrogens with zero attached hydrogens (tertiary/aromatic N) is 7. The van der Waals surface area contributed by atoms with E-state index in [9.17, 15) is 27.6 Å². The number of halogens is 1. The lowest BCUT2D eigenvalue weighted by Gasteiger charge is -2.39. The van der Waals surface area contributed by atoms with Crippen LogP contribution in [0.2, 0.25) is 5.02 Å². The molecule has 340 valence electrons. The van der Waals surface area contributed by atoms with E-state index in [1.54, 1.807) is 46.6 Å². The number of benzene rings is 2. The number of hydrogen-bond donors (Lipinski definition) is 3. The predicted octanol–water partition coefficient (Wildman–Crippen LogP) is 4.92. The number of fused-ring (bicyclic) bond motifs is 2. The molecular formula is C45H55ClN10O7S. The van der Waals surface area contributed by atoms with E-state index in [1.807, 2.05) is 25.1 Å². The van der Waals surface area contributed by atoms with E-state index in [-0.39, 0.29) is 58.8 Å². The normalized spacial score (nSPS) is 21.5. The van der Waals surface area contributed by atoms with E-state index >= 15 is 0 Å². The Bertz CT molecular complexity index is 2820. The molecule has 64 heavy (non-hydrogen) atoms. The molecule has 5 aromatic rings. The van der Waals surface area contributed by atoms with Crippen molar-refractivity contribution >= 4 is 72.8 Å². The lowest BCUT2D eigenvalue weighted by molar-refractivity contribution is -0.135. The molecule has 19 heteroatoms. The van der Waals surface area contributed by atoms with Gasteiger partial charge in [0.25, 0.3) is 5.56 Å². The smallest absolute Gasteiger partial charge is 0.329 e. The van der Waals surface area contributed by atoms with E-state index < -0.39 is 22.0 Å². The Hall–Kier alpha value is -5.14. The molecule has 9 rings (SSSR count). The Morgan fingerprint density at radius 2 is 1.66 bits per heavy atom. The number of hydrogen-bond acceptors (Lipinski definition) is 12. The molecule has 3 N–H and O–H groups in total. The fraction of sp³-hybridized carbons (Fsp3) is 0.511. The van der Waals surface area contributed by atoms with E-state index in [1.165, 1.54) is 4.57 Å². The van der Waals surface area contributed by atoms with Crippen LogP contribution in [0.15, 0.2) is 63.1 Å². The highest BCUT2D eigenvalue weighted by atomic mass is 35.5. The van der Waals surface area contributed by atoms with Crippen molar-refractivity contribution in [2.45, 2.75) is 94.2 Å². The van der Waals surface area contributed by atoms with Gasteiger partial charge >= 0.3 is 5.69 Å². The zero-order valence-electron chi connectivity index (χ0n) is 36.2. The molecule has 1 unspecified atom stereocenters. The van der Waals surface area contributed by atoms with E-state index in [0.717, 1.165) is 95.3 Å². The molecule has 0 spiro atoms. The summed E-state index contributed by atoms with van der Waals surface area (Å²) < 4.78 is 40.1. The van der Waals surface area contributed by atoms with Crippen LogP contribution in [0.4, 0.5) is 17.3 Å². The van der Waals surface area contributed by atoms with Crippen LogP contribution in [0.25, 0.3) is 22.1 Å². The standard InChI is InChI=1S/C45H55ClN10O7S/c1-28-23-34(12-13-36(28)49-44-47-26-30-24-35(46)43(59)55(41(30)51-44)31-5-3-4-6-31)64(61,62)48-17-22-63-33-10-7-29(8-11-33)27-53-18-20-54(21-19-53)32-9-14-37-39(25-32)52(2)45(60)56(37)38-15-16-40(57)50-42(38)58/h9,12-14,23-26,29,31,33,38,48H,3-8,10-11,15-22,27H2,1-2H3,(H,47,49,51)(H,50,57,58)/t29-,33-,38?. The molecule has 5 heterocycles. The maximum atomic E-state index is 13.3. The fourth-order valence-corrected chi connectivity index (χ4v) is 11.3. The zero-order chi connectivity index (χ0) is 44.7. The van der Waals surface area contributed by atoms with Crippen LogP contribution in [0, 0.1) is 12.8 Å². The van der Waals surface area contributed by atoms with Crippen LogP contribution >= 0.6 is 11.6 Å². The molecule has 2 aromatic carbocycles. The third-order valence-corrected chi connectivity index (χ3v) is 15.3. The van der Waals surface area contributed by atoms with Gasteiger partial charge in [-0.05, 0) is 106 Å². The van der Waals surface area contributed by atoms with Crippen LogP contribution < -0.4 is 31.5 Å². The zero-order valence-corrected chi connectivity index (χ0v) is 37.8.